The van der Waals surface area contributed by atoms with Gasteiger partial charge < -0.3 is 4.74 Å². The van der Waals surface area contributed by atoms with E-state index >= 15 is 0 Å². The van der Waals surface area contributed by atoms with Crippen molar-refractivity contribution < 1.29 is 17.9 Å². The number of nitrogens with zero attached hydrogens (tertiary/aromatic N) is 2. The maximum Gasteiger partial charge on any atom is 0.416 e. The van der Waals surface area contributed by atoms with Gasteiger partial charge in [-0.05, 0) is 35.4 Å². The van der Waals surface area contributed by atoms with E-state index in [1.165, 1.54) is 18.2 Å². The minimum absolute atomic E-state index is 0.0612. The van der Waals surface area contributed by atoms with Crippen molar-refractivity contribution in [2.24, 2.45) is 0 Å². The summed E-state index contributed by atoms with van der Waals surface area (Å²) in [7, 11) is 0. The van der Waals surface area contributed by atoms with E-state index in [1.54, 1.807) is 30.3 Å². The highest BCUT2D eigenvalue weighted by Gasteiger charge is 2.31. The molecule has 0 amide bonds. The van der Waals surface area contributed by atoms with Crippen LogP contribution in [0.1, 0.15) is 5.56 Å². The standard InChI is InChI=1S/C18H12ClF3N4O/c19-17(24)26-15(23)8-9-16(25-26)27-14-10-12(18(20,21)22)6-7-13(14)11-4-2-1-3-5-11/h1-10,23-24H. The molecular formula is C18H12ClF3N4O. The van der Waals surface area contributed by atoms with Gasteiger partial charge in [0.1, 0.15) is 11.2 Å². The number of rotatable bonds is 3. The Hall–Kier alpha value is -3.13. The van der Waals surface area contributed by atoms with E-state index in [0.29, 0.717) is 11.1 Å². The van der Waals surface area contributed by atoms with Gasteiger partial charge in [0.2, 0.25) is 11.2 Å². The highest BCUT2D eigenvalue weighted by molar-refractivity contribution is 6.64. The first-order valence-electron chi connectivity index (χ1n) is 7.59. The Kier molecular flexibility index (Phi) is 5.00. The van der Waals surface area contributed by atoms with Crippen molar-refractivity contribution >= 4 is 16.9 Å². The van der Waals surface area contributed by atoms with Gasteiger partial charge in [-0.2, -0.15) is 17.9 Å². The third-order valence-corrected chi connectivity index (χ3v) is 3.76. The molecule has 0 fully saturated rings. The second kappa shape index (κ2) is 7.24. The minimum atomic E-state index is -4.54. The van der Waals surface area contributed by atoms with Gasteiger partial charge in [0.15, 0.2) is 0 Å². The number of hydrogen-bond donors (Lipinski definition) is 2. The molecule has 0 aliphatic carbocycles. The van der Waals surface area contributed by atoms with Crippen LogP contribution in [0.2, 0.25) is 0 Å². The summed E-state index contributed by atoms with van der Waals surface area (Å²) in [6, 6.07) is 14.6. The topological polar surface area (TPSA) is 74.8 Å². The number of halogens is 4. The van der Waals surface area contributed by atoms with Crippen molar-refractivity contribution in [3.05, 3.63) is 71.7 Å². The summed E-state index contributed by atoms with van der Waals surface area (Å²) in [6.07, 6.45) is -4.54. The fourth-order valence-electron chi connectivity index (χ4n) is 2.36. The lowest BCUT2D eigenvalue weighted by Gasteiger charge is -2.14. The maximum atomic E-state index is 13.1. The highest BCUT2D eigenvalue weighted by atomic mass is 35.5. The monoisotopic (exact) mass is 392 g/mol. The highest BCUT2D eigenvalue weighted by Crippen LogP contribution is 2.38. The van der Waals surface area contributed by atoms with Gasteiger partial charge in [-0.25, -0.2) is 0 Å². The van der Waals surface area contributed by atoms with Crippen LogP contribution in [0.4, 0.5) is 13.2 Å². The molecule has 0 saturated carbocycles. The summed E-state index contributed by atoms with van der Waals surface area (Å²) in [5, 5.41) is 18.3. The van der Waals surface area contributed by atoms with Crippen LogP contribution in [0.15, 0.2) is 60.7 Å². The molecular weight excluding hydrogens is 381 g/mol. The molecule has 0 atom stereocenters. The smallest absolute Gasteiger partial charge is 0.416 e. The fraction of sp³-hybridized carbons (Fsp3) is 0.0556. The Morgan fingerprint density at radius 2 is 1.74 bits per heavy atom. The van der Waals surface area contributed by atoms with Crippen LogP contribution in [-0.2, 0) is 6.18 Å². The predicted molar refractivity (Wildman–Crippen MR) is 94.0 cm³/mol. The Bertz CT molecular complexity index is 1050. The van der Waals surface area contributed by atoms with Gasteiger partial charge in [0.05, 0.1) is 5.56 Å². The summed E-state index contributed by atoms with van der Waals surface area (Å²) in [5.41, 5.74) is 0.0612. The summed E-state index contributed by atoms with van der Waals surface area (Å²) < 4.78 is 45.7. The van der Waals surface area contributed by atoms with Gasteiger partial charge >= 0.3 is 6.18 Å². The molecule has 2 aromatic carbocycles. The zero-order chi connectivity index (χ0) is 19.6. The zero-order valence-electron chi connectivity index (χ0n) is 13.6. The molecule has 3 aromatic rings. The number of benzene rings is 2. The molecule has 0 bridgehead atoms. The lowest BCUT2D eigenvalue weighted by atomic mass is 10.0. The molecule has 5 nitrogen and oxygen atoms in total. The number of ether oxygens (including phenoxy) is 1. The van der Waals surface area contributed by atoms with Crippen molar-refractivity contribution in [2.45, 2.75) is 6.18 Å². The van der Waals surface area contributed by atoms with E-state index in [-0.39, 0.29) is 17.1 Å². The molecule has 0 unspecified atom stereocenters. The summed E-state index contributed by atoms with van der Waals surface area (Å²) in [5.74, 6) is -0.165. The third kappa shape index (κ3) is 4.17. The molecule has 2 N–H and O–H groups in total. The van der Waals surface area contributed by atoms with Crippen molar-refractivity contribution in [1.29, 1.82) is 10.8 Å². The van der Waals surface area contributed by atoms with Crippen molar-refractivity contribution in [3.63, 3.8) is 0 Å². The lowest BCUT2D eigenvalue weighted by molar-refractivity contribution is -0.137. The van der Waals surface area contributed by atoms with Crippen molar-refractivity contribution in [1.82, 2.24) is 9.78 Å². The second-order valence-electron chi connectivity index (χ2n) is 5.44. The van der Waals surface area contributed by atoms with Gasteiger partial charge in [-0.15, -0.1) is 5.10 Å². The molecule has 0 aliphatic rings. The molecule has 0 spiro atoms. The van der Waals surface area contributed by atoms with Crippen LogP contribution in [-0.4, -0.2) is 15.1 Å². The molecule has 0 saturated heterocycles. The quantitative estimate of drug-likeness (QED) is 0.493. The van der Waals surface area contributed by atoms with Gasteiger partial charge in [0, 0.05) is 11.6 Å². The average Bonchev–Trinajstić information content (AvgIpc) is 2.63. The third-order valence-electron chi connectivity index (χ3n) is 3.60. The Labute approximate surface area is 156 Å². The van der Waals surface area contributed by atoms with Crippen LogP contribution in [0.25, 0.3) is 11.1 Å². The number of alkyl halides is 3. The summed E-state index contributed by atoms with van der Waals surface area (Å²) in [6.45, 7) is 0. The Morgan fingerprint density at radius 1 is 1.04 bits per heavy atom. The summed E-state index contributed by atoms with van der Waals surface area (Å²) >= 11 is 5.56. The molecule has 3 rings (SSSR count). The first kappa shape index (κ1) is 18.7. The zero-order valence-corrected chi connectivity index (χ0v) is 14.3. The number of hydrogen-bond acceptors (Lipinski definition) is 4. The van der Waals surface area contributed by atoms with Crippen LogP contribution < -0.4 is 10.2 Å². The van der Waals surface area contributed by atoms with Gasteiger partial charge in [-0.1, -0.05) is 36.4 Å². The number of aromatic nitrogens is 2. The molecule has 138 valence electrons. The van der Waals surface area contributed by atoms with E-state index in [1.807, 2.05) is 0 Å². The predicted octanol–water partition coefficient (Wildman–Crippen LogP) is 4.86. The van der Waals surface area contributed by atoms with Gasteiger partial charge in [-0.3, -0.25) is 10.8 Å². The van der Waals surface area contributed by atoms with Crippen molar-refractivity contribution in [3.8, 4) is 22.8 Å². The van der Waals surface area contributed by atoms with Crippen LogP contribution in [0, 0.1) is 10.8 Å². The van der Waals surface area contributed by atoms with Crippen LogP contribution in [0.3, 0.4) is 0 Å². The molecule has 1 heterocycles. The summed E-state index contributed by atoms with van der Waals surface area (Å²) in [4.78, 5) is 0. The fourth-order valence-corrected chi connectivity index (χ4v) is 2.49. The molecule has 9 heteroatoms. The molecule has 0 radical (unpaired) electrons. The van der Waals surface area contributed by atoms with Crippen LogP contribution >= 0.6 is 11.6 Å². The average molecular weight is 393 g/mol. The Morgan fingerprint density at radius 3 is 2.37 bits per heavy atom. The molecule has 27 heavy (non-hydrogen) atoms. The second-order valence-corrected chi connectivity index (χ2v) is 5.79. The van der Waals surface area contributed by atoms with E-state index in [0.717, 1.165) is 16.8 Å². The minimum Gasteiger partial charge on any atom is -0.437 e. The van der Waals surface area contributed by atoms with Gasteiger partial charge in [0.25, 0.3) is 0 Å². The van der Waals surface area contributed by atoms with E-state index in [9.17, 15) is 13.2 Å². The van der Waals surface area contributed by atoms with E-state index in [2.05, 4.69) is 5.10 Å². The lowest BCUT2D eigenvalue weighted by Crippen LogP contribution is -2.25. The normalized spacial score (nSPS) is 11.3. The van der Waals surface area contributed by atoms with Crippen molar-refractivity contribution in [2.75, 3.05) is 0 Å². The first-order valence-corrected chi connectivity index (χ1v) is 7.97. The van der Waals surface area contributed by atoms with E-state index in [4.69, 9.17) is 27.2 Å². The Balaban J connectivity index is 2.11. The molecule has 0 aliphatic heterocycles. The SMILES string of the molecule is N=C(Cl)n1nc(Oc2cc(C(F)(F)F)ccc2-c2ccccc2)ccc1=N. The van der Waals surface area contributed by atoms with Crippen LogP contribution in [0.5, 0.6) is 11.6 Å². The number of nitrogens with one attached hydrogen (secondary N) is 2. The largest absolute Gasteiger partial charge is 0.437 e. The first-order chi connectivity index (χ1) is 12.8. The molecule has 1 aromatic heterocycles. The maximum absolute atomic E-state index is 13.1. The van der Waals surface area contributed by atoms with E-state index < -0.39 is 17.0 Å².